The molecule has 0 unspecified atom stereocenters. The van der Waals surface area contributed by atoms with E-state index in [1.54, 1.807) is 24.3 Å². The summed E-state index contributed by atoms with van der Waals surface area (Å²) in [5, 5.41) is 3.81. The maximum atomic E-state index is 13.1. The van der Waals surface area contributed by atoms with Crippen LogP contribution in [0.1, 0.15) is 65.2 Å². The molecule has 188 valence electrons. The van der Waals surface area contributed by atoms with Crippen molar-refractivity contribution in [3.63, 3.8) is 0 Å². The number of hydrogen-bond donors (Lipinski definition) is 1. The Kier molecular flexibility index (Phi) is 6.62. The van der Waals surface area contributed by atoms with E-state index in [9.17, 15) is 9.59 Å². The lowest BCUT2D eigenvalue weighted by Gasteiger charge is -2.29. The van der Waals surface area contributed by atoms with Gasteiger partial charge >= 0.3 is 0 Å². The van der Waals surface area contributed by atoms with Crippen LogP contribution in [0.25, 0.3) is 22.1 Å². The van der Waals surface area contributed by atoms with E-state index in [-0.39, 0.29) is 17.4 Å². The van der Waals surface area contributed by atoms with Crippen LogP contribution in [-0.4, -0.2) is 23.9 Å². The zero-order valence-corrected chi connectivity index (χ0v) is 21.0. The summed E-state index contributed by atoms with van der Waals surface area (Å²) < 4.78 is 5.66. The molecule has 0 bridgehead atoms. The second kappa shape index (κ2) is 10.3. The van der Waals surface area contributed by atoms with Crippen LogP contribution in [0.5, 0.6) is 0 Å². The summed E-state index contributed by atoms with van der Waals surface area (Å²) in [5.74, 6) is -0.0904. The van der Waals surface area contributed by atoms with Gasteiger partial charge < -0.3 is 9.73 Å². The molecule has 6 rings (SSSR count). The van der Waals surface area contributed by atoms with E-state index in [1.807, 2.05) is 24.3 Å². The van der Waals surface area contributed by atoms with Crippen LogP contribution in [0.15, 0.2) is 82.2 Å². The first-order chi connectivity index (χ1) is 18.2. The van der Waals surface area contributed by atoms with Gasteiger partial charge in [0.05, 0.1) is 17.0 Å². The fraction of sp³-hybridized carbons (Fsp3) is 0.312. The number of fused-ring (bicyclic) bond motifs is 2. The number of hydrogen-bond acceptors (Lipinski definition) is 4. The zero-order chi connectivity index (χ0) is 25.2. The standard InChI is InChI=1S/C32H32N2O3/c35-31-27-8-2-3-10-30(27)37-21-28(31)23-12-14-24(15-13-23)32(36)33-29-9-6-7-25-19-22(11-16-26(25)29)20-34-17-4-1-5-18-34/h2-3,8,10-16,19,21,29H,1,4-7,9,17-18,20H2,(H,33,36)/t29-/m0/s1. The summed E-state index contributed by atoms with van der Waals surface area (Å²) in [6.45, 7) is 3.41. The molecule has 2 heterocycles. The lowest BCUT2D eigenvalue weighted by Crippen LogP contribution is -2.31. The molecular weight excluding hydrogens is 460 g/mol. The highest BCUT2D eigenvalue weighted by Crippen LogP contribution is 2.31. The Morgan fingerprint density at radius 1 is 0.946 bits per heavy atom. The van der Waals surface area contributed by atoms with Gasteiger partial charge in [0.1, 0.15) is 11.8 Å². The third-order valence-corrected chi connectivity index (χ3v) is 7.82. The number of amides is 1. The number of aryl methyl sites for hydroxylation is 1. The maximum Gasteiger partial charge on any atom is 0.251 e. The molecule has 0 saturated carbocycles. The first-order valence-electron chi connectivity index (χ1n) is 13.4. The Hall–Kier alpha value is -3.70. The SMILES string of the molecule is O=C(N[C@H]1CCCc2cc(CN3CCCCC3)ccc21)c1ccc(-c2coc3ccccc3c2=O)cc1. The molecule has 3 aromatic carbocycles. The van der Waals surface area contributed by atoms with Gasteiger partial charge in [-0.05, 0) is 91.7 Å². The highest BCUT2D eigenvalue weighted by Gasteiger charge is 2.23. The molecule has 1 aliphatic carbocycles. The molecule has 1 saturated heterocycles. The first kappa shape index (κ1) is 23.7. The summed E-state index contributed by atoms with van der Waals surface area (Å²) in [5.41, 5.74) is 6.30. The third kappa shape index (κ3) is 4.96. The van der Waals surface area contributed by atoms with Crippen LogP contribution in [0, 0.1) is 0 Å². The Labute approximate surface area is 217 Å². The molecule has 5 nitrogen and oxygen atoms in total. The molecule has 1 aromatic heterocycles. The van der Waals surface area contributed by atoms with E-state index in [1.165, 1.54) is 55.3 Å². The highest BCUT2D eigenvalue weighted by atomic mass is 16.3. The molecule has 0 radical (unpaired) electrons. The first-order valence-corrected chi connectivity index (χ1v) is 13.4. The van der Waals surface area contributed by atoms with Crippen molar-refractivity contribution in [2.45, 2.75) is 51.1 Å². The minimum absolute atomic E-state index is 0.0208. The van der Waals surface area contributed by atoms with Crippen LogP contribution in [0.4, 0.5) is 0 Å². The second-order valence-electron chi connectivity index (χ2n) is 10.3. The highest BCUT2D eigenvalue weighted by molar-refractivity contribution is 5.95. The van der Waals surface area contributed by atoms with Crippen molar-refractivity contribution in [2.75, 3.05) is 13.1 Å². The lowest BCUT2D eigenvalue weighted by molar-refractivity contribution is 0.0932. The van der Waals surface area contributed by atoms with Crippen molar-refractivity contribution >= 4 is 16.9 Å². The predicted molar refractivity (Wildman–Crippen MR) is 147 cm³/mol. The maximum absolute atomic E-state index is 13.1. The van der Waals surface area contributed by atoms with Gasteiger partial charge in [0.25, 0.3) is 5.91 Å². The zero-order valence-electron chi connectivity index (χ0n) is 21.0. The van der Waals surface area contributed by atoms with Gasteiger partial charge in [-0.25, -0.2) is 0 Å². The van der Waals surface area contributed by atoms with Crippen LogP contribution in [0.2, 0.25) is 0 Å². The number of carbonyl (C=O) groups excluding carboxylic acids is 1. The Balaban J connectivity index is 1.16. The van der Waals surface area contributed by atoms with Crippen molar-refractivity contribution in [1.82, 2.24) is 10.2 Å². The fourth-order valence-electron chi connectivity index (χ4n) is 5.81. The van der Waals surface area contributed by atoms with Crippen LogP contribution >= 0.6 is 0 Å². The molecule has 4 aromatic rings. The van der Waals surface area contributed by atoms with Crippen molar-refractivity contribution in [3.8, 4) is 11.1 Å². The van der Waals surface area contributed by atoms with Gasteiger partial charge in [-0.1, -0.05) is 48.9 Å². The van der Waals surface area contributed by atoms with Crippen LogP contribution < -0.4 is 10.7 Å². The Morgan fingerprint density at radius 3 is 2.59 bits per heavy atom. The number of carbonyl (C=O) groups is 1. The summed E-state index contributed by atoms with van der Waals surface area (Å²) in [4.78, 5) is 28.6. The summed E-state index contributed by atoms with van der Waals surface area (Å²) >= 11 is 0. The molecule has 1 aliphatic heterocycles. The fourth-order valence-corrected chi connectivity index (χ4v) is 5.81. The molecule has 1 fully saturated rings. The number of rotatable bonds is 5. The van der Waals surface area contributed by atoms with Crippen molar-refractivity contribution in [3.05, 3.63) is 105 Å². The number of para-hydroxylation sites is 1. The topological polar surface area (TPSA) is 62.6 Å². The molecule has 2 aliphatic rings. The van der Waals surface area contributed by atoms with Gasteiger partial charge in [-0.2, -0.15) is 0 Å². The van der Waals surface area contributed by atoms with E-state index < -0.39 is 0 Å². The van der Waals surface area contributed by atoms with Gasteiger partial charge in [0.15, 0.2) is 5.43 Å². The minimum atomic E-state index is -0.0904. The number of benzene rings is 3. The van der Waals surface area contributed by atoms with Gasteiger partial charge in [0, 0.05) is 12.1 Å². The number of likely N-dealkylation sites (tertiary alicyclic amines) is 1. The van der Waals surface area contributed by atoms with Gasteiger partial charge in [-0.3, -0.25) is 14.5 Å². The third-order valence-electron chi connectivity index (χ3n) is 7.82. The summed E-state index contributed by atoms with van der Waals surface area (Å²) in [6, 6.07) is 21.3. The molecule has 37 heavy (non-hydrogen) atoms. The van der Waals surface area contributed by atoms with Gasteiger partial charge in [-0.15, -0.1) is 0 Å². The molecule has 5 heteroatoms. The summed E-state index contributed by atoms with van der Waals surface area (Å²) in [7, 11) is 0. The number of nitrogens with one attached hydrogen (secondary N) is 1. The molecular formula is C32H32N2O3. The van der Waals surface area contributed by atoms with Crippen molar-refractivity contribution in [1.29, 1.82) is 0 Å². The molecule has 0 spiro atoms. The van der Waals surface area contributed by atoms with Crippen LogP contribution in [-0.2, 0) is 13.0 Å². The van der Waals surface area contributed by atoms with Crippen molar-refractivity contribution in [2.24, 2.45) is 0 Å². The predicted octanol–water partition coefficient (Wildman–Crippen LogP) is 6.25. The Bertz CT molecular complexity index is 1480. The largest absolute Gasteiger partial charge is 0.463 e. The monoisotopic (exact) mass is 492 g/mol. The van der Waals surface area contributed by atoms with E-state index in [0.29, 0.717) is 22.1 Å². The average Bonchev–Trinajstić information content (AvgIpc) is 2.94. The lowest BCUT2D eigenvalue weighted by atomic mass is 9.86. The van der Waals surface area contributed by atoms with E-state index in [0.717, 1.165) is 31.4 Å². The van der Waals surface area contributed by atoms with Crippen LogP contribution in [0.3, 0.4) is 0 Å². The smallest absolute Gasteiger partial charge is 0.251 e. The molecule has 1 N–H and O–H groups in total. The minimum Gasteiger partial charge on any atom is -0.463 e. The average molecular weight is 493 g/mol. The molecule has 1 amide bonds. The van der Waals surface area contributed by atoms with Gasteiger partial charge in [0.2, 0.25) is 0 Å². The quantitative estimate of drug-likeness (QED) is 0.358. The summed E-state index contributed by atoms with van der Waals surface area (Å²) in [6.07, 6.45) is 8.54. The van der Waals surface area contributed by atoms with Crippen molar-refractivity contribution < 1.29 is 9.21 Å². The normalized spacial score (nSPS) is 17.9. The molecule has 1 atom stereocenters. The van der Waals surface area contributed by atoms with E-state index >= 15 is 0 Å². The Morgan fingerprint density at radius 2 is 1.76 bits per heavy atom. The van der Waals surface area contributed by atoms with E-state index in [2.05, 4.69) is 28.4 Å². The number of piperidine rings is 1. The number of nitrogens with zero attached hydrogens (tertiary/aromatic N) is 1. The van der Waals surface area contributed by atoms with E-state index in [4.69, 9.17) is 4.42 Å². The second-order valence-corrected chi connectivity index (χ2v) is 10.3.